The molecule has 2 saturated carbocycles. The van der Waals surface area contributed by atoms with E-state index in [1.165, 1.54) is 0 Å². The van der Waals surface area contributed by atoms with Crippen molar-refractivity contribution in [3.63, 3.8) is 0 Å². The summed E-state index contributed by atoms with van der Waals surface area (Å²) in [4.78, 5) is 23.3. The second kappa shape index (κ2) is 7.04. The maximum absolute atomic E-state index is 11.6. The molecule has 6 heteroatoms. The van der Waals surface area contributed by atoms with Crippen molar-refractivity contribution in [3.05, 3.63) is 0 Å². The highest BCUT2D eigenvalue weighted by Crippen LogP contribution is 2.23. The molecule has 0 radical (unpaired) electrons. The van der Waals surface area contributed by atoms with E-state index in [1.54, 1.807) is 0 Å². The smallest absolute Gasteiger partial charge is 0.338 e. The lowest BCUT2D eigenvalue weighted by Gasteiger charge is -2.20. The number of carbonyl (C=O) groups excluding carboxylic acids is 2. The highest BCUT2D eigenvalue weighted by molar-refractivity contribution is 5.85. The summed E-state index contributed by atoms with van der Waals surface area (Å²) in [7, 11) is 0. The standard InChI is InChI=1S/C14H22O6/c15-11(13(17)19-9-5-1-2-6-9)12(16)14(18)20-10-7-3-4-8-10/h9-12,15-16H,1-8H2. The van der Waals surface area contributed by atoms with E-state index in [-0.39, 0.29) is 12.2 Å². The van der Waals surface area contributed by atoms with Crippen LogP contribution in [0.2, 0.25) is 0 Å². The van der Waals surface area contributed by atoms with Crippen LogP contribution in [-0.2, 0) is 19.1 Å². The SMILES string of the molecule is O=C(OC1CCCC1)C(O)C(O)C(=O)OC1CCCC1. The van der Waals surface area contributed by atoms with Crippen LogP contribution in [0, 0.1) is 0 Å². The third-order valence-electron chi connectivity index (χ3n) is 3.95. The zero-order valence-electron chi connectivity index (χ0n) is 11.5. The average Bonchev–Trinajstić information content (AvgIpc) is 3.10. The Kier molecular flexibility index (Phi) is 5.37. The molecule has 0 bridgehead atoms. The Morgan fingerprint density at radius 3 is 1.35 bits per heavy atom. The summed E-state index contributed by atoms with van der Waals surface area (Å²) in [6.45, 7) is 0. The summed E-state index contributed by atoms with van der Waals surface area (Å²) in [6.07, 6.45) is 2.84. The molecular formula is C14H22O6. The minimum atomic E-state index is -1.87. The summed E-state index contributed by atoms with van der Waals surface area (Å²) in [5, 5.41) is 19.3. The fourth-order valence-electron chi connectivity index (χ4n) is 2.74. The van der Waals surface area contributed by atoms with Crippen molar-refractivity contribution in [3.8, 4) is 0 Å². The zero-order valence-corrected chi connectivity index (χ0v) is 11.5. The molecule has 2 fully saturated rings. The minimum absolute atomic E-state index is 0.213. The third-order valence-corrected chi connectivity index (χ3v) is 3.95. The number of esters is 2. The lowest BCUT2D eigenvalue weighted by atomic mass is 10.2. The monoisotopic (exact) mass is 286 g/mol. The molecule has 2 unspecified atom stereocenters. The topological polar surface area (TPSA) is 93.1 Å². The summed E-state index contributed by atoms with van der Waals surface area (Å²) in [5.74, 6) is -1.90. The van der Waals surface area contributed by atoms with Crippen LogP contribution in [0.4, 0.5) is 0 Å². The Labute approximate surface area is 118 Å². The Hall–Kier alpha value is -1.14. The Bertz CT molecular complexity index is 310. The molecule has 0 aromatic carbocycles. The van der Waals surface area contributed by atoms with Crippen molar-refractivity contribution in [2.24, 2.45) is 0 Å². The van der Waals surface area contributed by atoms with Gasteiger partial charge in [0.1, 0.15) is 12.2 Å². The molecule has 0 aromatic heterocycles. The number of aliphatic hydroxyl groups is 2. The van der Waals surface area contributed by atoms with Crippen LogP contribution in [-0.4, -0.2) is 46.6 Å². The van der Waals surface area contributed by atoms with E-state index in [4.69, 9.17) is 9.47 Å². The molecule has 2 aliphatic rings. The lowest BCUT2D eigenvalue weighted by molar-refractivity contribution is -0.178. The van der Waals surface area contributed by atoms with Crippen molar-refractivity contribution in [1.82, 2.24) is 0 Å². The van der Waals surface area contributed by atoms with E-state index in [1.807, 2.05) is 0 Å². The van der Waals surface area contributed by atoms with E-state index < -0.39 is 24.1 Å². The summed E-state index contributed by atoms with van der Waals surface area (Å²) < 4.78 is 10.1. The van der Waals surface area contributed by atoms with Crippen molar-refractivity contribution in [1.29, 1.82) is 0 Å². The van der Waals surface area contributed by atoms with E-state index in [2.05, 4.69) is 0 Å². The maximum atomic E-state index is 11.6. The van der Waals surface area contributed by atoms with E-state index in [0.29, 0.717) is 0 Å². The Morgan fingerprint density at radius 1 is 0.750 bits per heavy atom. The molecule has 2 rings (SSSR count). The fraction of sp³-hybridized carbons (Fsp3) is 0.857. The molecule has 6 nitrogen and oxygen atoms in total. The first-order valence-electron chi connectivity index (χ1n) is 7.35. The molecule has 0 aliphatic heterocycles. The van der Waals surface area contributed by atoms with Crippen molar-refractivity contribution in [2.45, 2.75) is 75.8 Å². The van der Waals surface area contributed by atoms with Gasteiger partial charge in [0.05, 0.1) is 0 Å². The molecule has 2 N–H and O–H groups in total. The molecule has 20 heavy (non-hydrogen) atoms. The number of carbonyl (C=O) groups is 2. The largest absolute Gasteiger partial charge is 0.460 e. The first kappa shape index (κ1) is 15.3. The lowest BCUT2D eigenvalue weighted by Crippen LogP contribution is -2.43. The van der Waals surface area contributed by atoms with Crippen molar-refractivity contribution >= 4 is 11.9 Å². The molecule has 0 saturated heterocycles. The molecular weight excluding hydrogens is 264 g/mol. The first-order chi connectivity index (χ1) is 9.58. The highest BCUT2D eigenvalue weighted by atomic mass is 16.6. The molecule has 2 aliphatic carbocycles. The summed E-state index contributed by atoms with van der Waals surface area (Å²) in [5.41, 5.74) is 0. The van der Waals surface area contributed by atoms with Crippen LogP contribution in [0.3, 0.4) is 0 Å². The predicted molar refractivity (Wildman–Crippen MR) is 68.7 cm³/mol. The Morgan fingerprint density at radius 2 is 1.05 bits per heavy atom. The molecule has 0 aromatic rings. The normalized spacial score (nSPS) is 23.5. The number of hydrogen-bond donors (Lipinski definition) is 2. The van der Waals surface area contributed by atoms with Gasteiger partial charge >= 0.3 is 11.9 Å². The van der Waals surface area contributed by atoms with Gasteiger partial charge in [-0.3, -0.25) is 0 Å². The van der Waals surface area contributed by atoms with Crippen LogP contribution in [0.5, 0.6) is 0 Å². The maximum Gasteiger partial charge on any atom is 0.338 e. The van der Waals surface area contributed by atoms with Gasteiger partial charge in [-0.05, 0) is 51.4 Å². The molecule has 114 valence electrons. The zero-order chi connectivity index (χ0) is 14.5. The van der Waals surface area contributed by atoms with Gasteiger partial charge in [0, 0.05) is 0 Å². The van der Waals surface area contributed by atoms with Gasteiger partial charge in [-0.25, -0.2) is 9.59 Å². The van der Waals surface area contributed by atoms with Crippen molar-refractivity contribution in [2.75, 3.05) is 0 Å². The number of aliphatic hydroxyl groups excluding tert-OH is 2. The van der Waals surface area contributed by atoms with Gasteiger partial charge in [-0.2, -0.15) is 0 Å². The first-order valence-corrected chi connectivity index (χ1v) is 7.35. The molecule has 0 heterocycles. The number of rotatable bonds is 5. The van der Waals surface area contributed by atoms with Crippen LogP contribution in [0.25, 0.3) is 0 Å². The van der Waals surface area contributed by atoms with Gasteiger partial charge < -0.3 is 19.7 Å². The fourth-order valence-corrected chi connectivity index (χ4v) is 2.74. The summed E-state index contributed by atoms with van der Waals surface area (Å²) >= 11 is 0. The van der Waals surface area contributed by atoms with Gasteiger partial charge in [-0.1, -0.05) is 0 Å². The average molecular weight is 286 g/mol. The quantitative estimate of drug-likeness (QED) is 0.722. The highest BCUT2D eigenvalue weighted by Gasteiger charge is 2.36. The molecule has 2 atom stereocenters. The van der Waals surface area contributed by atoms with Gasteiger partial charge in [0.2, 0.25) is 0 Å². The van der Waals surface area contributed by atoms with Gasteiger partial charge in [-0.15, -0.1) is 0 Å². The van der Waals surface area contributed by atoms with Crippen LogP contribution in [0.15, 0.2) is 0 Å². The summed E-state index contributed by atoms with van der Waals surface area (Å²) in [6, 6.07) is 0. The van der Waals surface area contributed by atoms with E-state index >= 15 is 0 Å². The third kappa shape index (κ3) is 3.93. The Balaban J connectivity index is 1.78. The van der Waals surface area contributed by atoms with Crippen LogP contribution >= 0.6 is 0 Å². The van der Waals surface area contributed by atoms with Crippen LogP contribution < -0.4 is 0 Å². The minimum Gasteiger partial charge on any atom is -0.460 e. The van der Waals surface area contributed by atoms with E-state index in [9.17, 15) is 19.8 Å². The second-order valence-electron chi connectivity index (χ2n) is 5.58. The van der Waals surface area contributed by atoms with Crippen LogP contribution in [0.1, 0.15) is 51.4 Å². The molecule has 0 spiro atoms. The van der Waals surface area contributed by atoms with Gasteiger partial charge in [0.25, 0.3) is 0 Å². The van der Waals surface area contributed by atoms with Crippen molar-refractivity contribution < 1.29 is 29.3 Å². The predicted octanol–water partition coefficient (Wildman–Crippen LogP) is 0.680. The van der Waals surface area contributed by atoms with E-state index in [0.717, 1.165) is 51.4 Å². The number of ether oxygens (including phenoxy) is 2. The number of hydrogen-bond acceptors (Lipinski definition) is 6. The van der Waals surface area contributed by atoms with Gasteiger partial charge in [0.15, 0.2) is 12.2 Å². The second-order valence-corrected chi connectivity index (χ2v) is 5.58. The molecule has 0 amide bonds.